The van der Waals surface area contributed by atoms with Gasteiger partial charge >= 0.3 is 14.2 Å². The molecule has 3 heterocycles. The number of carbonyl (C=O) groups is 4. The molecular weight excluding hydrogens is 602 g/mol. The van der Waals surface area contributed by atoms with Gasteiger partial charge in [0.05, 0.1) is 19.1 Å². The van der Waals surface area contributed by atoms with E-state index in [1.165, 1.54) is 4.90 Å². The molecule has 0 bridgehead atoms. The van der Waals surface area contributed by atoms with Gasteiger partial charge in [-0.05, 0) is 72.0 Å². The first-order valence-electron chi connectivity index (χ1n) is 16.8. The highest BCUT2D eigenvalue weighted by Crippen LogP contribution is 2.27. The van der Waals surface area contributed by atoms with Crippen molar-refractivity contribution >= 4 is 48.8 Å². The lowest BCUT2D eigenvalue weighted by molar-refractivity contribution is -0.129. The number of likely N-dealkylation sites (tertiary alicyclic amines) is 1. The van der Waals surface area contributed by atoms with E-state index in [0.29, 0.717) is 41.4 Å². The second-order valence-electron chi connectivity index (χ2n) is 13.0. The Hall–Kier alpha value is -3.71. The van der Waals surface area contributed by atoms with Crippen LogP contribution < -0.4 is 26.9 Å². The highest BCUT2D eigenvalue weighted by Gasteiger charge is 2.43. The van der Waals surface area contributed by atoms with Crippen molar-refractivity contribution in [2.24, 2.45) is 5.92 Å². The SMILES string of the molecule is CCCCCNC(=O)C1CCCC[C@@H]1NC(=O)[C@@H]1C[C@@H](NC(=O)c2ccc3c(c2)B(O)OC3)CN1C(=O)c1ccc2c(c1)B(O)OC2. The van der Waals surface area contributed by atoms with E-state index in [-0.39, 0.29) is 50.0 Å². The van der Waals surface area contributed by atoms with Crippen LogP contribution in [-0.4, -0.2) is 84.0 Å². The standard InChI is InChI=1S/C33H42B2N4O8/c1-2-3-6-13-36-31(41)25-7-4-5-8-28(25)38-32(42)29-16-24(37-30(40)20-9-11-22-18-46-34(44)26(22)14-20)17-39(29)33(43)21-10-12-23-19-47-35(45)27(23)15-21/h9-12,14-15,24-25,28-29,44-45H,2-8,13,16-19H2,1H3,(H,36,41)(H,37,40)(H,38,42)/t24-,25?,28+,29+/m1/s1. The molecule has 248 valence electrons. The highest BCUT2D eigenvalue weighted by atomic mass is 16.5. The van der Waals surface area contributed by atoms with Crippen molar-refractivity contribution < 1.29 is 38.5 Å². The van der Waals surface area contributed by atoms with Crippen molar-refractivity contribution in [3.63, 3.8) is 0 Å². The van der Waals surface area contributed by atoms with Crippen LogP contribution in [0.2, 0.25) is 0 Å². The Morgan fingerprint density at radius 2 is 1.53 bits per heavy atom. The number of carbonyl (C=O) groups excluding carboxylic acids is 4. The van der Waals surface area contributed by atoms with Gasteiger partial charge in [-0.15, -0.1) is 0 Å². The summed E-state index contributed by atoms with van der Waals surface area (Å²) in [4.78, 5) is 55.9. The summed E-state index contributed by atoms with van der Waals surface area (Å²) < 4.78 is 10.5. The Bertz CT molecular complexity index is 1530. The summed E-state index contributed by atoms with van der Waals surface area (Å²) in [6.45, 7) is 3.31. The van der Waals surface area contributed by atoms with Crippen LogP contribution in [0.25, 0.3) is 0 Å². The molecule has 0 spiro atoms. The molecule has 6 rings (SSSR count). The van der Waals surface area contributed by atoms with E-state index in [1.54, 1.807) is 36.4 Å². The van der Waals surface area contributed by atoms with Crippen molar-refractivity contribution in [1.82, 2.24) is 20.9 Å². The Morgan fingerprint density at radius 1 is 0.872 bits per heavy atom. The average molecular weight is 644 g/mol. The molecule has 0 aromatic heterocycles. The number of benzene rings is 2. The van der Waals surface area contributed by atoms with Gasteiger partial charge in [0.2, 0.25) is 11.8 Å². The minimum absolute atomic E-state index is 0.0561. The molecule has 1 saturated heterocycles. The third-order valence-electron chi connectivity index (χ3n) is 9.84. The molecule has 5 N–H and O–H groups in total. The maximum Gasteiger partial charge on any atom is 0.491 e. The first kappa shape index (κ1) is 33.2. The molecule has 4 amide bonds. The van der Waals surface area contributed by atoms with Crippen molar-refractivity contribution in [3.05, 3.63) is 58.7 Å². The highest BCUT2D eigenvalue weighted by molar-refractivity contribution is 6.62. The molecule has 2 fully saturated rings. The fourth-order valence-electron chi connectivity index (χ4n) is 7.17. The monoisotopic (exact) mass is 644 g/mol. The van der Waals surface area contributed by atoms with Gasteiger partial charge in [-0.3, -0.25) is 19.2 Å². The maximum atomic E-state index is 14.0. The Balaban J connectivity index is 1.19. The summed E-state index contributed by atoms with van der Waals surface area (Å²) in [7, 11) is -2.22. The number of unbranched alkanes of at least 4 members (excludes halogenated alkanes) is 2. The quantitative estimate of drug-likeness (QED) is 0.180. The van der Waals surface area contributed by atoms with Crippen molar-refractivity contribution in [3.8, 4) is 0 Å². The van der Waals surface area contributed by atoms with E-state index >= 15 is 0 Å². The van der Waals surface area contributed by atoms with Crippen LogP contribution >= 0.6 is 0 Å². The van der Waals surface area contributed by atoms with E-state index in [4.69, 9.17) is 9.31 Å². The molecule has 0 radical (unpaired) electrons. The topological polar surface area (TPSA) is 167 Å². The largest absolute Gasteiger partial charge is 0.491 e. The minimum atomic E-state index is -1.13. The number of nitrogens with zero attached hydrogens (tertiary/aromatic N) is 1. The molecule has 1 unspecified atom stereocenters. The third-order valence-corrected chi connectivity index (χ3v) is 9.84. The van der Waals surface area contributed by atoms with Crippen molar-refractivity contribution in [1.29, 1.82) is 0 Å². The van der Waals surface area contributed by atoms with Crippen LogP contribution in [0.15, 0.2) is 36.4 Å². The van der Waals surface area contributed by atoms with Gasteiger partial charge in [-0.25, -0.2) is 0 Å². The van der Waals surface area contributed by atoms with Crippen LogP contribution in [0.1, 0.15) is 90.1 Å². The zero-order valence-electron chi connectivity index (χ0n) is 26.7. The second kappa shape index (κ2) is 14.6. The minimum Gasteiger partial charge on any atom is -0.423 e. The lowest BCUT2D eigenvalue weighted by Crippen LogP contribution is -2.53. The molecule has 14 heteroatoms. The smallest absolute Gasteiger partial charge is 0.423 e. The van der Waals surface area contributed by atoms with Crippen LogP contribution in [0.3, 0.4) is 0 Å². The van der Waals surface area contributed by atoms with E-state index < -0.39 is 38.1 Å². The summed E-state index contributed by atoms with van der Waals surface area (Å²) in [5.74, 6) is -1.58. The van der Waals surface area contributed by atoms with Gasteiger partial charge in [-0.1, -0.05) is 44.7 Å². The molecule has 47 heavy (non-hydrogen) atoms. The number of hydrogen-bond donors (Lipinski definition) is 5. The molecule has 3 aliphatic heterocycles. The van der Waals surface area contributed by atoms with Gasteiger partial charge in [0.15, 0.2) is 0 Å². The average Bonchev–Trinajstić information content (AvgIpc) is 3.79. The normalized spacial score (nSPS) is 23.3. The lowest BCUT2D eigenvalue weighted by Gasteiger charge is -2.33. The van der Waals surface area contributed by atoms with Crippen molar-refractivity contribution in [2.75, 3.05) is 13.1 Å². The summed E-state index contributed by atoms with van der Waals surface area (Å²) in [5, 5.41) is 29.5. The number of fused-ring (bicyclic) bond motifs is 2. The predicted octanol–water partition coefficient (Wildman–Crippen LogP) is 0.117. The van der Waals surface area contributed by atoms with Gasteiger partial charge in [-0.2, -0.15) is 0 Å². The summed E-state index contributed by atoms with van der Waals surface area (Å²) >= 11 is 0. The Morgan fingerprint density at radius 3 is 2.23 bits per heavy atom. The van der Waals surface area contributed by atoms with Crippen molar-refractivity contribution in [2.45, 2.75) is 89.6 Å². The molecule has 1 saturated carbocycles. The predicted molar refractivity (Wildman–Crippen MR) is 175 cm³/mol. The van der Waals surface area contributed by atoms with Crippen LogP contribution in [0.4, 0.5) is 0 Å². The van der Waals surface area contributed by atoms with Crippen LogP contribution in [-0.2, 0) is 32.1 Å². The Labute approximate surface area is 275 Å². The molecular formula is C33H42B2N4O8. The number of hydrogen-bond acceptors (Lipinski definition) is 8. The molecule has 4 aliphatic rings. The third kappa shape index (κ3) is 7.25. The van der Waals surface area contributed by atoms with E-state index in [2.05, 4.69) is 22.9 Å². The summed E-state index contributed by atoms with van der Waals surface area (Å²) in [6.07, 6.45) is 6.31. The first-order chi connectivity index (χ1) is 22.7. The number of rotatable bonds is 10. The van der Waals surface area contributed by atoms with E-state index in [9.17, 15) is 29.2 Å². The Kier molecular flexibility index (Phi) is 10.3. The second-order valence-corrected chi connectivity index (χ2v) is 13.0. The van der Waals surface area contributed by atoms with Gasteiger partial charge in [0, 0.05) is 36.3 Å². The summed E-state index contributed by atoms with van der Waals surface area (Å²) in [5.41, 5.74) is 3.28. The zero-order valence-corrected chi connectivity index (χ0v) is 26.7. The molecule has 2 aromatic carbocycles. The maximum absolute atomic E-state index is 14.0. The lowest BCUT2D eigenvalue weighted by atomic mass is 9.78. The first-order valence-corrected chi connectivity index (χ1v) is 16.8. The van der Waals surface area contributed by atoms with E-state index in [1.807, 2.05) is 0 Å². The van der Waals surface area contributed by atoms with Crippen LogP contribution in [0, 0.1) is 5.92 Å². The molecule has 4 atom stereocenters. The summed E-state index contributed by atoms with van der Waals surface area (Å²) in [6, 6.07) is 8.19. The zero-order chi connectivity index (χ0) is 33.1. The molecule has 1 aliphatic carbocycles. The van der Waals surface area contributed by atoms with Gasteiger partial charge in [0.1, 0.15) is 6.04 Å². The van der Waals surface area contributed by atoms with E-state index in [0.717, 1.165) is 43.2 Å². The van der Waals surface area contributed by atoms with Crippen LogP contribution in [0.5, 0.6) is 0 Å². The molecule has 12 nitrogen and oxygen atoms in total. The molecule has 2 aromatic rings. The number of amides is 4. The fourth-order valence-corrected chi connectivity index (χ4v) is 7.17. The van der Waals surface area contributed by atoms with Gasteiger partial charge in [0.25, 0.3) is 11.8 Å². The number of nitrogens with one attached hydrogen (secondary N) is 3. The fraction of sp³-hybridized carbons (Fsp3) is 0.515. The van der Waals surface area contributed by atoms with Gasteiger partial charge < -0.3 is 40.2 Å².